The molecule has 0 bridgehead atoms. The van der Waals surface area contributed by atoms with Crippen molar-refractivity contribution in [1.82, 2.24) is 10.2 Å². The molecule has 0 aromatic carbocycles. The minimum atomic E-state index is -0.704. The molecule has 0 atom stereocenters. The number of hydrogen-bond donors (Lipinski definition) is 0. The van der Waals surface area contributed by atoms with Crippen molar-refractivity contribution in [2.45, 2.75) is 0 Å². The van der Waals surface area contributed by atoms with Crippen LogP contribution in [0.15, 0.2) is 17.4 Å². The van der Waals surface area contributed by atoms with Gasteiger partial charge in [-0.1, -0.05) is 0 Å². The summed E-state index contributed by atoms with van der Waals surface area (Å²) in [6, 6.07) is 0. The Kier molecular flexibility index (Phi) is 2.20. The van der Waals surface area contributed by atoms with Crippen molar-refractivity contribution in [3.63, 3.8) is 0 Å². The maximum Gasteiger partial charge on any atom is 0.317 e. The number of hydrogen-bond acceptors (Lipinski definition) is 6. The summed E-state index contributed by atoms with van der Waals surface area (Å²) in [4.78, 5) is 22.4. The number of aromatic nitrogens is 2. The Morgan fingerprint density at radius 3 is 2.75 bits per heavy atom. The second-order valence-electron chi connectivity index (χ2n) is 1.72. The van der Waals surface area contributed by atoms with Gasteiger partial charge in [-0.25, -0.2) is 4.79 Å². The van der Waals surface area contributed by atoms with Gasteiger partial charge in [-0.3, -0.25) is 10.1 Å². The van der Waals surface area contributed by atoms with Crippen molar-refractivity contribution in [1.29, 1.82) is 0 Å². The molecule has 0 unspecified atom stereocenters. The van der Waals surface area contributed by atoms with Gasteiger partial charge in [-0.05, 0) is 0 Å². The fourth-order valence-electron chi connectivity index (χ4n) is 0.584. The molecule has 0 N–H and O–H groups in total. The molecule has 7 heteroatoms. The Balaban J connectivity index is 3.26. The standard InChI is InChI=1S/C5H2N4O3/c10-3-6-4-1-7-8-2-5(4)9(11)12/h1-2H. The molecule has 1 aromatic rings. The van der Waals surface area contributed by atoms with Gasteiger partial charge < -0.3 is 0 Å². The van der Waals surface area contributed by atoms with Crippen LogP contribution >= 0.6 is 0 Å². The first-order chi connectivity index (χ1) is 5.75. The summed E-state index contributed by atoms with van der Waals surface area (Å²) in [5.74, 6) is 0. The normalized spacial score (nSPS) is 8.67. The maximum atomic E-state index is 10.2. The molecule has 0 radical (unpaired) electrons. The first kappa shape index (κ1) is 7.96. The minimum absolute atomic E-state index is 0.148. The van der Waals surface area contributed by atoms with Gasteiger partial charge in [0, 0.05) is 0 Å². The van der Waals surface area contributed by atoms with Crippen LogP contribution < -0.4 is 0 Å². The molecule has 7 nitrogen and oxygen atoms in total. The first-order valence-electron chi connectivity index (χ1n) is 2.78. The van der Waals surface area contributed by atoms with Crippen molar-refractivity contribution >= 4 is 17.5 Å². The quantitative estimate of drug-likeness (QED) is 0.273. The largest absolute Gasteiger partial charge is 0.317 e. The van der Waals surface area contributed by atoms with E-state index in [0.29, 0.717) is 0 Å². The lowest BCUT2D eigenvalue weighted by atomic mass is 10.4. The predicted molar refractivity (Wildman–Crippen MR) is 36.5 cm³/mol. The van der Waals surface area contributed by atoms with Crippen LogP contribution in [0.2, 0.25) is 0 Å². The minimum Gasteiger partial charge on any atom is -0.258 e. The molecule has 60 valence electrons. The molecule has 0 aliphatic carbocycles. The zero-order chi connectivity index (χ0) is 8.97. The SMILES string of the molecule is O=C=Nc1cnncc1[N+](=O)[O-]. The molecular weight excluding hydrogens is 164 g/mol. The van der Waals surface area contributed by atoms with Gasteiger partial charge in [-0.15, -0.1) is 0 Å². The van der Waals surface area contributed by atoms with E-state index in [-0.39, 0.29) is 11.4 Å². The average Bonchev–Trinajstić information content (AvgIpc) is 2.05. The Bertz CT molecular complexity index is 336. The smallest absolute Gasteiger partial charge is 0.258 e. The molecule has 0 spiro atoms. The Morgan fingerprint density at radius 1 is 1.50 bits per heavy atom. The van der Waals surface area contributed by atoms with Crippen LogP contribution in [-0.2, 0) is 4.79 Å². The monoisotopic (exact) mass is 166 g/mol. The highest BCUT2D eigenvalue weighted by molar-refractivity contribution is 5.58. The lowest BCUT2D eigenvalue weighted by Crippen LogP contribution is -1.90. The summed E-state index contributed by atoms with van der Waals surface area (Å²) in [5, 5.41) is 16.8. The Labute approximate surface area is 65.9 Å². The van der Waals surface area contributed by atoms with Crippen LogP contribution in [0.25, 0.3) is 0 Å². The zero-order valence-corrected chi connectivity index (χ0v) is 5.67. The van der Waals surface area contributed by atoms with Crippen LogP contribution in [-0.4, -0.2) is 21.2 Å². The second-order valence-corrected chi connectivity index (χ2v) is 1.72. The molecule has 0 aliphatic rings. The van der Waals surface area contributed by atoms with E-state index in [2.05, 4.69) is 15.2 Å². The summed E-state index contributed by atoms with van der Waals surface area (Å²) >= 11 is 0. The molecular formula is C5H2N4O3. The van der Waals surface area contributed by atoms with Crippen LogP contribution in [0.3, 0.4) is 0 Å². The van der Waals surface area contributed by atoms with Crippen molar-refractivity contribution in [3.05, 3.63) is 22.5 Å². The molecule has 0 amide bonds. The zero-order valence-electron chi connectivity index (χ0n) is 5.67. The van der Waals surface area contributed by atoms with E-state index in [4.69, 9.17) is 0 Å². The topological polar surface area (TPSA) is 98.3 Å². The third-order valence-electron chi connectivity index (χ3n) is 1.05. The van der Waals surface area contributed by atoms with Crippen molar-refractivity contribution in [2.24, 2.45) is 4.99 Å². The number of rotatable bonds is 2. The van der Waals surface area contributed by atoms with E-state index in [1.165, 1.54) is 6.08 Å². The Hall–Kier alpha value is -2.14. The number of nitrogens with zero attached hydrogens (tertiary/aromatic N) is 4. The van der Waals surface area contributed by atoms with Crippen LogP contribution in [0.4, 0.5) is 11.4 Å². The summed E-state index contributed by atoms with van der Waals surface area (Å²) in [5.41, 5.74) is -0.515. The number of aliphatic imine (C=N–C) groups is 1. The van der Waals surface area contributed by atoms with Crippen molar-refractivity contribution in [2.75, 3.05) is 0 Å². The summed E-state index contributed by atoms with van der Waals surface area (Å²) in [6.45, 7) is 0. The van der Waals surface area contributed by atoms with E-state index in [1.807, 2.05) is 0 Å². The highest BCUT2D eigenvalue weighted by Crippen LogP contribution is 2.22. The fraction of sp³-hybridized carbons (Fsp3) is 0. The van der Waals surface area contributed by atoms with Gasteiger partial charge in [0.25, 0.3) is 0 Å². The Morgan fingerprint density at radius 2 is 2.17 bits per heavy atom. The molecule has 0 saturated heterocycles. The van der Waals surface area contributed by atoms with Gasteiger partial charge in [0.15, 0.2) is 5.69 Å². The van der Waals surface area contributed by atoms with Gasteiger partial charge in [0.05, 0.1) is 11.1 Å². The third kappa shape index (κ3) is 1.47. The van der Waals surface area contributed by atoms with E-state index in [9.17, 15) is 14.9 Å². The molecule has 0 saturated carbocycles. The second kappa shape index (κ2) is 3.31. The van der Waals surface area contributed by atoms with Crippen LogP contribution in [0.1, 0.15) is 0 Å². The van der Waals surface area contributed by atoms with E-state index in [0.717, 1.165) is 12.4 Å². The predicted octanol–water partition coefficient (Wildman–Crippen LogP) is 0.352. The van der Waals surface area contributed by atoms with E-state index in [1.54, 1.807) is 0 Å². The molecule has 0 fully saturated rings. The fourth-order valence-corrected chi connectivity index (χ4v) is 0.584. The maximum absolute atomic E-state index is 10.2. The lowest BCUT2D eigenvalue weighted by Gasteiger charge is -1.90. The molecule has 1 heterocycles. The van der Waals surface area contributed by atoms with Gasteiger partial charge in [0.1, 0.15) is 6.20 Å². The average molecular weight is 166 g/mol. The van der Waals surface area contributed by atoms with Gasteiger partial charge in [-0.2, -0.15) is 15.2 Å². The molecule has 12 heavy (non-hydrogen) atoms. The van der Waals surface area contributed by atoms with Crippen molar-refractivity contribution in [3.8, 4) is 0 Å². The lowest BCUT2D eigenvalue weighted by molar-refractivity contribution is -0.384. The third-order valence-corrected chi connectivity index (χ3v) is 1.05. The first-order valence-corrected chi connectivity index (χ1v) is 2.78. The molecule has 1 aromatic heterocycles. The van der Waals surface area contributed by atoms with Crippen LogP contribution in [0, 0.1) is 10.1 Å². The molecule has 0 aliphatic heterocycles. The van der Waals surface area contributed by atoms with Crippen LogP contribution in [0.5, 0.6) is 0 Å². The van der Waals surface area contributed by atoms with Gasteiger partial charge >= 0.3 is 5.69 Å². The highest BCUT2D eigenvalue weighted by atomic mass is 16.6. The number of carbonyl (C=O) groups excluding carboxylic acids is 1. The van der Waals surface area contributed by atoms with E-state index < -0.39 is 4.92 Å². The highest BCUT2D eigenvalue weighted by Gasteiger charge is 2.12. The number of isocyanates is 1. The number of nitro groups is 1. The van der Waals surface area contributed by atoms with Gasteiger partial charge in [0.2, 0.25) is 6.08 Å². The summed E-state index contributed by atoms with van der Waals surface area (Å²) < 4.78 is 0. The summed E-state index contributed by atoms with van der Waals surface area (Å²) in [7, 11) is 0. The molecule has 1 rings (SSSR count). The van der Waals surface area contributed by atoms with E-state index >= 15 is 0 Å². The van der Waals surface area contributed by atoms with Crippen molar-refractivity contribution < 1.29 is 9.72 Å². The summed E-state index contributed by atoms with van der Waals surface area (Å²) in [6.07, 6.45) is 3.11.